The number of carbonyl (C=O) groups excluding carboxylic acids is 1. The highest BCUT2D eigenvalue weighted by Crippen LogP contribution is 2.28. The Labute approximate surface area is 175 Å². The molecule has 2 aromatic carbocycles. The van der Waals surface area contributed by atoms with E-state index < -0.39 is 22.8 Å². The number of halogens is 3. The third-order valence-electron chi connectivity index (χ3n) is 3.97. The Kier molecular flexibility index (Phi) is 6.66. The number of benzene rings is 2. The first-order chi connectivity index (χ1) is 13.9. The van der Waals surface area contributed by atoms with Crippen molar-refractivity contribution in [2.45, 2.75) is 23.9 Å². The molecule has 0 radical (unpaired) electrons. The van der Waals surface area contributed by atoms with Gasteiger partial charge in [-0.3, -0.25) is 9.36 Å². The highest BCUT2D eigenvalue weighted by Gasteiger charge is 2.21. The van der Waals surface area contributed by atoms with Crippen LogP contribution in [-0.4, -0.2) is 25.9 Å². The third-order valence-corrected chi connectivity index (χ3v) is 5.30. The van der Waals surface area contributed by atoms with Crippen LogP contribution >= 0.6 is 23.4 Å². The summed E-state index contributed by atoms with van der Waals surface area (Å²) in [5.41, 5.74) is 0.603. The van der Waals surface area contributed by atoms with E-state index in [-0.39, 0.29) is 5.69 Å². The molecule has 1 amide bonds. The van der Waals surface area contributed by atoms with Crippen molar-refractivity contribution < 1.29 is 13.6 Å². The van der Waals surface area contributed by atoms with Crippen molar-refractivity contribution in [1.82, 2.24) is 14.8 Å². The first-order valence-electron chi connectivity index (χ1n) is 8.61. The maximum atomic E-state index is 13.8. The van der Waals surface area contributed by atoms with Gasteiger partial charge in [0.2, 0.25) is 5.91 Å². The summed E-state index contributed by atoms with van der Waals surface area (Å²) < 4.78 is 28.9. The lowest BCUT2D eigenvalue weighted by Crippen LogP contribution is -2.23. The summed E-state index contributed by atoms with van der Waals surface area (Å²) in [6.45, 7) is 5.83. The van der Waals surface area contributed by atoms with Gasteiger partial charge in [-0.1, -0.05) is 29.4 Å². The quantitative estimate of drug-likeness (QED) is 0.411. The fourth-order valence-electron chi connectivity index (χ4n) is 2.52. The predicted octanol–water partition coefficient (Wildman–Crippen LogP) is 5.18. The number of thioether (sulfide) groups is 1. The molecule has 5 nitrogen and oxygen atoms in total. The van der Waals surface area contributed by atoms with Crippen LogP contribution in [0.4, 0.5) is 14.5 Å². The second kappa shape index (κ2) is 9.19. The Morgan fingerprint density at radius 1 is 1.28 bits per heavy atom. The minimum absolute atomic E-state index is 0.211. The Hall–Kier alpha value is -2.71. The number of carbonyl (C=O) groups is 1. The lowest BCUT2D eigenvalue weighted by Gasteiger charge is -2.13. The Bertz CT molecular complexity index is 1040. The topological polar surface area (TPSA) is 59.8 Å². The van der Waals surface area contributed by atoms with Crippen molar-refractivity contribution in [1.29, 1.82) is 0 Å². The number of rotatable bonds is 7. The molecule has 29 heavy (non-hydrogen) atoms. The van der Waals surface area contributed by atoms with Gasteiger partial charge in [0.1, 0.15) is 11.6 Å². The van der Waals surface area contributed by atoms with Gasteiger partial charge < -0.3 is 5.32 Å². The maximum absolute atomic E-state index is 13.8. The molecule has 0 aliphatic rings. The number of hydrogen-bond acceptors (Lipinski definition) is 4. The monoisotopic (exact) mass is 434 g/mol. The van der Waals surface area contributed by atoms with E-state index in [2.05, 4.69) is 22.1 Å². The van der Waals surface area contributed by atoms with Crippen molar-refractivity contribution in [2.24, 2.45) is 0 Å². The van der Waals surface area contributed by atoms with Crippen LogP contribution in [0.15, 0.2) is 60.3 Å². The summed E-state index contributed by atoms with van der Waals surface area (Å²) >= 11 is 7.09. The molecule has 0 bridgehead atoms. The van der Waals surface area contributed by atoms with Gasteiger partial charge in [0.15, 0.2) is 11.0 Å². The summed E-state index contributed by atoms with van der Waals surface area (Å²) in [4.78, 5) is 12.5. The number of allylic oxidation sites excluding steroid dienone is 1. The third kappa shape index (κ3) is 5.02. The van der Waals surface area contributed by atoms with Crippen LogP contribution in [0.25, 0.3) is 11.4 Å². The van der Waals surface area contributed by atoms with Crippen molar-refractivity contribution >= 4 is 35.0 Å². The molecule has 1 unspecified atom stereocenters. The molecule has 1 aromatic heterocycles. The van der Waals surface area contributed by atoms with Crippen LogP contribution in [0, 0.1) is 11.6 Å². The van der Waals surface area contributed by atoms with Crippen molar-refractivity contribution in [3.8, 4) is 11.4 Å². The van der Waals surface area contributed by atoms with Gasteiger partial charge in [0, 0.05) is 23.2 Å². The second-order valence-corrected chi connectivity index (χ2v) is 7.83. The second-order valence-electron chi connectivity index (χ2n) is 6.09. The molecule has 0 saturated carbocycles. The lowest BCUT2D eigenvalue weighted by molar-refractivity contribution is -0.115. The van der Waals surface area contributed by atoms with Gasteiger partial charge in [-0.2, -0.15) is 0 Å². The zero-order valence-electron chi connectivity index (χ0n) is 15.4. The Morgan fingerprint density at radius 3 is 2.69 bits per heavy atom. The lowest BCUT2D eigenvalue weighted by atomic mass is 10.2. The van der Waals surface area contributed by atoms with Gasteiger partial charge in [0.05, 0.1) is 10.9 Å². The van der Waals surface area contributed by atoms with Crippen LogP contribution in [0.3, 0.4) is 0 Å². The molecule has 1 atom stereocenters. The average Bonchev–Trinajstić information content (AvgIpc) is 3.08. The number of hydrogen-bond donors (Lipinski definition) is 1. The molecule has 0 aliphatic heterocycles. The standard InChI is InChI=1S/C20H17ClF2N4OS/c1-3-10-27-18(13-4-6-14(21)7-5-13)25-26-20(27)29-12(2)19(28)24-17-11-15(22)8-9-16(17)23/h3-9,11-12H,1,10H2,2H3,(H,24,28). The molecular formula is C20H17ClF2N4OS. The molecule has 0 saturated heterocycles. The van der Waals surface area contributed by atoms with E-state index >= 15 is 0 Å². The molecule has 0 spiro atoms. The molecule has 9 heteroatoms. The molecular weight excluding hydrogens is 418 g/mol. The van der Waals surface area contributed by atoms with E-state index in [1.807, 2.05) is 16.7 Å². The first kappa shape index (κ1) is 21.0. The maximum Gasteiger partial charge on any atom is 0.237 e. The minimum atomic E-state index is -0.711. The van der Waals surface area contributed by atoms with Crippen LogP contribution < -0.4 is 5.32 Å². The van der Waals surface area contributed by atoms with Crippen molar-refractivity contribution in [3.63, 3.8) is 0 Å². The van der Waals surface area contributed by atoms with Gasteiger partial charge in [-0.05, 0) is 43.3 Å². The van der Waals surface area contributed by atoms with Crippen LogP contribution in [0.1, 0.15) is 6.92 Å². The van der Waals surface area contributed by atoms with Gasteiger partial charge in [-0.15, -0.1) is 16.8 Å². The molecule has 1 heterocycles. The Balaban J connectivity index is 1.79. The highest BCUT2D eigenvalue weighted by molar-refractivity contribution is 8.00. The summed E-state index contributed by atoms with van der Waals surface area (Å²) in [6, 6.07) is 10.0. The van der Waals surface area contributed by atoms with Crippen LogP contribution in [0.2, 0.25) is 5.02 Å². The van der Waals surface area contributed by atoms with E-state index in [1.165, 1.54) is 0 Å². The molecule has 0 aliphatic carbocycles. The number of nitrogens with one attached hydrogen (secondary N) is 1. The Morgan fingerprint density at radius 2 is 2.00 bits per heavy atom. The molecule has 1 N–H and O–H groups in total. The number of anilines is 1. The predicted molar refractivity (Wildman–Crippen MR) is 111 cm³/mol. The summed E-state index contributed by atoms with van der Waals surface area (Å²) in [5, 5.41) is 11.3. The highest BCUT2D eigenvalue weighted by atomic mass is 35.5. The number of amides is 1. The van der Waals surface area contributed by atoms with Crippen LogP contribution in [-0.2, 0) is 11.3 Å². The molecule has 3 aromatic rings. The fraction of sp³-hybridized carbons (Fsp3) is 0.150. The normalized spacial score (nSPS) is 11.9. The van der Waals surface area contributed by atoms with E-state index in [0.29, 0.717) is 22.5 Å². The van der Waals surface area contributed by atoms with E-state index in [4.69, 9.17) is 11.6 Å². The summed E-state index contributed by atoms with van der Waals surface area (Å²) in [6.07, 6.45) is 1.69. The smallest absolute Gasteiger partial charge is 0.237 e. The molecule has 0 fully saturated rings. The molecule has 3 rings (SSSR count). The van der Waals surface area contributed by atoms with Crippen molar-refractivity contribution in [2.75, 3.05) is 5.32 Å². The largest absolute Gasteiger partial charge is 0.323 e. The van der Waals surface area contributed by atoms with E-state index in [9.17, 15) is 13.6 Å². The number of nitrogens with zero attached hydrogens (tertiary/aromatic N) is 3. The van der Waals surface area contributed by atoms with E-state index in [1.54, 1.807) is 25.1 Å². The summed E-state index contributed by atoms with van der Waals surface area (Å²) in [5.74, 6) is -1.23. The van der Waals surface area contributed by atoms with Crippen LogP contribution in [0.5, 0.6) is 0 Å². The summed E-state index contributed by atoms with van der Waals surface area (Å²) in [7, 11) is 0. The average molecular weight is 435 g/mol. The SMILES string of the molecule is C=CCn1c(SC(C)C(=O)Nc2cc(F)ccc2F)nnc1-c1ccc(Cl)cc1. The first-order valence-corrected chi connectivity index (χ1v) is 9.87. The van der Waals surface area contributed by atoms with E-state index in [0.717, 1.165) is 35.5 Å². The van der Waals surface area contributed by atoms with Gasteiger partial charge >= 0.3 is 0 Å². The van der Waals surface area contributed by atoms with Gasteiger partial charge in [-0.25, -0.2) is 8.78 Å². The minimum Gasteiger partial charge on any atom is -0.323 e. The zero-order chi connectivity index (χ0) is 21.0. The number of aromatic nitrogens is 3. The zero-order valence-corrected chi connectivity index (χ0v) is 17.0. The fourth-order valence-corrected chi connectivity index (χ4v) is 3.51. The van der Waals surface area contributed by atoms with Crippen molar-refractivity contribution in [3.05, 3.63) is 71.8 Å². The van der Waals surface area contributed by atoms with Gasteiger partial charge in [0.25, 0.3) is 0 Å². The molecule has 150 valence electrons.